The zero-order valence-electron chi connectivity index (χ0n) is 11.8. The number of rotatable bonds is 8. The molecule has 0 aliphatic heterocycles. The minimum atomic E-state index is -0.419. The molecule has 0 aliphatic carbocycles. The Morgan fingerprint density at radius 3 is 2.71 bits per heavy atom. The van der Waals surface area contributed by atoms with Crippen LogP contribution in [0.4, 0.5) is 17.3 Å². The molecule has 0 radical (unpaired) electrons. The number of hydrogen-bond donors (Lipinski definition) is 2. The summed E-state index contributed by atoms with van der Waals surface area (Å²) in [5.74, 6) is 1.00. The summed E-state index contributed by atoms with van der Waals surface area (Å²) in [6.07, 6.45) is 4.48. The van der Waals surface area contributed by atoms with Crippen LogP contribution in [-0.2, 0) is 6.54 Å². The van der Waals surface area contributed by atoms with Gasteiger partial charge < -0.3 is 10.6 Å². The van der Waals surface area contributed by atoms with Crippen molar-refractivity contribution in [3.63, 3.8) is 0 Å². The number of nitro groups is 1. The SMILES string of the molecule is CCNc1cc([N+](=O)[O-])cc(NCCCn2cccn2)n1. The Morgan fingerprint density at radius 2 is 2.10 bits per heavy atom. The molecule has 8 heteroatoms. The van der Waals surface area contributed by atoms with Crippen LogP contribution in [0.5, 0.6) is 0 Å². The molecule has 112 valence electrons. The van der Waals surface area contributed by atoms with Crippen LogP contribution in [0.25, 0.3) is 0 Å². The van der Waals surface area contributed by atoms with Crippen LogP contribution in [0.2, 0.25) is 0 Å². The van der Waals surface area contributed by atoms with Crippen LogP contribution in [0.3, 0.4) is 0 Å². The molecule has 2 aromatic heterocycles. The highest BCUT2D eigenvalue weighted by molar-refractivity contribution is 5.54. The molecule has 0 unspecified atom stereocenters. The fourth-order valence-corrected chi connectivity index (χ4v) is 1.87. The first-order chi connectivity index (χ1) is 10.2. The van der Waals surface area contributed by atoms with E-state index in [9.17, 15) is 10.1 Å². The monoisotopic (exact) mass is 290 g/mol. The molecule has 8 nitrogen and oxygen atoms in total. The van der Waals surface area contributed by atoms with E-state index in [4.69, 9.17) is 0 Å². The largest absolute Gasteiger partial charge is 0.370 e. The van der Waals surface area contributed by atoms with E-state index in [-0.39, 0.29) is 5.69 Å². The first kappa shape index (κ1) is 14.8. The maximum atomic E-state index is 10.9. The molecule has 0 atom stereocenters. The fourth-order valence-electron chi connectivity index (χ4n) is 1.87. The van der Waals surface area contributed by atoms with Gasteiger partial charge in [-0.3, -0.25) is 14.8 Å². The van der Waals surface area contributed by atoms with Gasteiger partial charge in [-0.15, -0.1) is 0 Å². The molecular weight excluding hydrogens is 272 g/mol. The van der Waals surface area contributed by atoms with Crippen molar-refractivity contribution in [1.29, 1.82) is 0 Å². The summed E-state index contributed by atoms with van der Waals surface area (Å²) in [5.41, 5.74) is 0.0236. The molecule has 0 spiro atoms. The standard InChI is InChI=1S/C13H18N6O2/c1-2-14-12-9-11(19(20)21)10-13(17-12)15-5-3-7-18-8-4-6-16-18/h4,6,8-10H,2-3,5,7H2,1H3,(H2,14,15,17). The van der Waals surface area contributed by atoms with Gasteiger partial charge in [-0.2, -0.15) is 5.10 Å². The number of pyridine rings is 1. The van der Waals surface area contributed by atoms with Gasteiger partial charge in [-0.1, -0.05) is 0 Å². The van der Waals surface area contributed by atoms with Crippen LogP contribution in [0, 0.1) is 10.1 Å². The van der Waals surface area contributed by atoms with Crippen molar-refractivity contribution in [2.45, 2.75) is 19.9 Å². The van der Waals surface area contributed by atoms with Crippen molar-refractivity contribution in [3.8, 4) is 0 Å². The molecule has 21 heavy (non-hydrogen) atoms. The van der Waals surface area contributed by atoms with Crippen LogP contribution >= 0.6 is 0 Å². The molecule has 0 amide bonds. The Morgan fingerprint density at radius 1 is 1.33 bits per heavy atom. The topological polar surface area (TPSA) is 97.9 Å². The average Bonchev–Trinajstić information content (AvgIpc) is 2.97. The van der Waals surface area contributed by atoms with Gasteiger partial charge in [0.1, 0.15) is 11.6 Å². The summed E-state index contributed by atoms with van der Waals surface area (Å²) in [5, 5.41) is 21.1. The van der Waals surface area contributed by atoms with E-state index in [0.29, 0.717) is 24.7 Å². The summed E-state index contributed by atoms with van der Waals surface area (Å²) in [6.45, 7) is 4.03. The van der Waals surface area contributed by atoms with E-state index in [2.05, 4.69) is 20.7 Å². The fraction of sp³-hybridized carbons (Fsp3) is 0.385. The predicted molar refractivity (Wildman–Crippen MR) is 80.4 cm³/mol. The van der Waals surface area contributed by atoms with E-state index in [1.54, 1.807) is 6.20 Å². The van der Waals surface area contributed by atoms with E-state index < -0.39 is 4.92 Å². The molecule has 0 bridgehead atoms. The van der Waals surface area contributed by atoms with Gasteiger partial charge >= 0.3 is 0 Å². The lowest BCUT2D eigenvalue weighted by molar-refractivity contribution is -0.384. The predicted octanol–water partition coefficient (Wildman–Crippen LogP) is 2.12. The second-order valence-corrected chi connectivity index (χ2v) is 4.43. The lowest BCUT2D eigenvalue weighted by atomic mass is 10.3. The third kappa shape index (κ3) is 4.44. The Hall–Kier alpha value is -2.64. The molecule has 0 fully saturated rings. The number of hydrogen-bond acceptors (Lipinski definition) is 6. The van der Waals surface area contributed by atoms with E-state index >= 15 is 0 Å². The van der Waals surface area contributed by atoms with Gasteiger partial charge in [-0.05, 0) is 19.4 Å². The lowest BCUT2D eigenvalue weighted by Crippen LogP contribution is -2.09. The summed E-state index contributed by atoms with van der Waals surface area (Å²) >= 11 is 0. The molecular formula is C13H18N6O2. The summed E-state index contributed by atoms with van der Waals surface area (Å²) in [7, 11) is 0. The van der Waals surface area contributed by atoms with Crippen molar-refractivity contribution in [2.24, 2.45) is 0 Å². The Balaban J connectivity index is 1.93. The Labute approximate surface area is 122 Å². The van der Waals surface area contributed by atoms with Gasteiger partial charge in [0.05, 0.1) is 17.1 Å². The minimum absolute atomic E-state index is 0.0236. The first-order valence-corrected chi connectivity index (χ1v) is 6.80. The molecule has 0 aromatic carbocycles. The maximum Gasteiger partial charge on any atom is 0.276 e. The van der Waals surface area contributed by atoms with Crippen LogP contribution in [-0.4, -0.2) is 32.8 Å². The van der Waals surface area contributed by atoms with Gasteiger partial charge in [0.15, 0.2) is 0 Å². The van der Waals surface area contributed by atoms with E-state index in [1.165, 1.54) is 12.1 Å². The minimum Gasteiger partial charge on any atom is -0.370 e. The summed E-state index contributed by atoms with van der Waals surface area (Å²) < 4.78 is 1.84. The quantitative estimate of drug-likeness (QED) is 0.439. The zero-order chi connectivity index (χ0) is 15.1. The molecule has 0 saturated heterocycles. The summed E-state index contributed by atoms with van der Waals surface area (Å²) in [4.78, 5) is 14.8. The van der Waals surface area contributed by atoms with Crippen LogP contribution in [0.1, 0.15) is 13.3 Å². The first-order valence-electron chi connectivity index (χ1n) is 6.80. The van der Waals surface area contributed by atoms with Crippen molar-refractivity contribution in [2.75, 3.05) is 23.7 Å². The van der Waals surface area contributed by atoms with Crippen molar-refractivity contribution >= 4 is 17.3 Å². The third-order valence-corrected chi connectivity index (χ3v) is 2.81. The molecule has 2 N–H and O–H groups in total. The van der Waals surface area contributed by atoms with E-state index in [0.717, 1.165) is 13.0 Å². The van der Waals surface area contributed by atoms with E-state index in [1.807, 2.05) is 23.9 Å². The number of nitrogens with one attached hydrogen (secondary N) is 2. The molecule has 0 aliphatic rings. The second kappa shape index (κ2) is 7.22. The number of nitrogens with zero attached hydrogens (tertiary/aromatic N) is 4. The normalized spacial score (nSPS) is 10.3. The maximum absolute atomic E-state index is 10.9. The van der Waals surface area contributed by atoms with Crippen LogP contribution in [0.15, 0.2) is 30.6 Å². The third-order valence-electron chi connectivity index (χ3n) is 2.81. The number of anilines is 2. The van der Waals surface area contributed by atoms with Crippen molar-refractivity contribution < 1.29 is 4.92 Å². The highest BCUT2D eigenvalue weighted by Gasteiger charge is 2.10. The average molecular weight is 290 g/mol. The van der Waals surface area contributed by atoms with Gasteiger partial charge in [0, 0.05) is 32.0 Å². The molecule has 2 heterocycles. The smallest absolute Gasteiger partial charge is 0.276 e. The van der Waals surface area contributed by atoms with Crippen molar-refractivity contribution in [3.05, 3.63) is 40.7 Å². The lowest BCUT2D eigenvalue weighted by Gasteiger charge is -2.08. The number of aryl methyl sites for hydroxylation is 1. The van der Waals surface area contributed by atoms with Crippen molar-refractivity contribution in [1.82, 2.24) is 14.8 Å². The van der Waals surface area contributed by atoms with Gasteiger partial charge in [0.2, 0.25) is 0 Å². The van der Waals surface area contributed by atoms with Gasteiger partial charge in [-0.25, -0.2) is 4.98 Å². The highest BCUT2D eigenvalue weighted by Crippen LogP contribution is 2.20. The van der Waals surface area contributed by atoms with Gasteiger partial charge in [0.25, 0.3) is 5.69 Å². The second-order valence-electron chi connectivity index (χ2n) is 4.43. The molecule has 2 aromatic rings. The molecule has 2 rings (SSSR count). The number of aromatic nitrogens is 3. The zero-order valence-corrected chi connectivity index (χ0v) is 11.8. The summed E-state index contributed by atoms with van der Waals surface area (Å²) in [6, 6.07) is 4.74. The molecule has 0 saturated carbocycles. The highest BCUT2D eigenvalue weighted by atomic mass is 16.6. The Kier molecular flexibility index (Phi) is 5.08. The Bertz CT molecular complexity index is 584. The van der Waals surface area contributed by atoms with Crippen LogP contribution < -0.4 is 10.6 Å².